The fraction of sp³-hybridized carbons (Fsp3) is 0.938. The average Bonchev–Trinajstić information content (AvgIpc) is 2.37. The van der Waals surface area contributed by atoms with Gasteiger partial charge in [0, 0.05) is 32.2 Å². The van der Waals surface area contributed by atoms with Crippen molar-refractivity contribution in [2.24, 2.45) is 11.8 Å². The normalized spacial score (nSPS) is 19.0. The number of carbonyl (C=O) groups excluding carboxylic acids is 1. The van der Waals surface area contributed by atoms with Crippen LogP contribution in [0.3, 0.4) is 0 Å². The van der Waals surface area contributed by atoms with Crippen LogP contribution >= 0.6 is 0 Å². The highest BCUT2D eigenvalue weighted by Crippen LogP contribution is 2.12. The van der Waals surface area contributed by atoms with Crippen molar-refractivity contribution in [3.05, 3.63) is 0 Å². The molecule has 0 radical (unpaired) electrons. The zero-order valence-electron chi connectivity index (χ0n) is 14.1. The van der Waals surface area contributed by atoms with Crippen LogP contribution in [-0.2, 0) is 0 Å². The summed E-state index contributed by atoms with van der Waals surface area (Å²) in [4.78, 5) is 14.3. The molecule has 21 heavy (non-hydrogen) atoms. The smallest absolute Gasteiger partial charge is 0.315 e. The molecular formula is C16H33N3O2. The number of aliphatic hydroxyl groups excluding tert-OH is 1. The molecule has 5 heteroatoms. The topological polar surface area (TPSA) is 64.6 Å². The van der Waals surface area contributed by atoms with E-state index in [4.69, 9.17) is 0 Å². The first-order valence-corrected chi connectivity index (χ1v) is 8.31. The van der Waals surface area contributed by atoms with Gasteiger partial charge >= 0.3 is 6.03 Å². The molecule has 0 aromatic rings. The number of hydrogen-bond acceptors (Lipinski definition) is 3. The van der Waals surface area contributed by atoms with Crippen LogP contribution < -0.4 is 10.6 Å². The Hall–Kier alpha value is -0.810. The lowest BCUT2D eigenvalue weighted by Gasteiger charge is -2.33. The Morgan fingerprint density at radius 3 is 2.33 bits per heavy atom. The van der Waals surface area contributed by atoms with E-state index in [1.54, 1.807) is 0 Å². The fourth-order valence-electron chi connectivity index (χ4n) is 2.85. The van der Waals surface area contributed by atoms with Gasteiger partial charge in [-0.2, -0.15) is 0 Å². The van der Waals surface area contributed by atoms with Crippen molar-refractivity contribution in [3.63, 3.8) is 0 Å². The van der Waals surface area contributed by atoms with Crippen molar-refractivity contribution >= 4 is 6.03 Å². The van der Waals surface area contributed by atoms with Crippen molar-refractivity contribution in [3.8, 4) is 0 Å². The van der Waals surface area contributed by atoms with Gasteiger partial charge in [-0.3, -0.25) is 0 Å². The molecular weight excluding hydrogens is 266 g/mol. The van der Waals surface area contributed by atoms with Gasteiger partial charge in [0.2, 0.25) is 0 Å². The van der Waals surface area contributed by atoms with E-state index in [1.165, 1.54) is 0 Å². The molecule has 1 heterocycles. The predicted octanol–water partition coefficient (Wildman–Crippen LogP) is 1.81. The molecule has 5 nitrogen and oxygen atoms in total. The van der Waals surface area contributed by atoms with Gasteiger partial charge in [-0.05, 0) is 31.1 Å². The number of nitrogens with one attached hydrogen (secondary N) is 2. The molecule has 0 bridgehead atoms. The first-order valence-electron chi connectivity index (χ1n) is 8.31. The SMILES string of the molecule is CC(C)CC(O)CNC(=O)NC1CCN(CC(C)C)CC1. The highest BCUT2D eigenvalue weighted by molar-refractivity contribution is 5.74. The molecule has 1 aliphatic heterocycles. The van der Waals surface area contributed by atoms with Crippen molar-refractivity contribution in [1.29, 1.82) is 0 Å². The molecule has 1 aliphatic rings. The lowest BCUT2D eigenvalue weighted by atomic mass is 10.0. The maximum Gasteiger partial charge on any atom is 0.315 e. The second-order valence-corrected chi connectivity index (χ2v) is 7.11. The average molecular weight is 299 g/mol. The molecule has 0 aromatic heterocycles. The van der Waals surface area contributed by atoms with Crippen molar-refractivity contribution in [2.75, 3.05) is 26.2 Å². The summed E-state index contributed by atoms with van der Waals surface area (Å²) in [6.07, 6.45) is 2.28. The Labute approximate surface area is 129 Å². The number of rotatable bonds is 7. The summed E-state index contributed by atoms with van der Waals surface area (Å²) in [5.74, 6) is 1.13. The van der Waals surface area contributed by atoms with Gasteiger partial charge in [0.15, 0.2) is 0 Å². The second kappa shape index (κ2) is 9.26. The second-order valence-electron chi connectivity index (χ2n) is 7.11. The van der Waals surface area contributed by atoms with Crippen LogP contribution in [0.1, 0.15) is 47.0 Å². The Balaban J connectivity index is 2.16. The Bertz CT molecular complexity index is 300. The third-order valence-electron chi connectivity index (χ3n) is 3.79. The first kappa shape index (κ1) is 18.2. The summed E-state index contributed by atoms with van der Waals surface area (Å²) < 4.78 is 0. The van der Waals surface area contributed by atoms with E-state index in [2.05, 4.69) is 43.2 Å². The lowest BCUT2D eigenvalue weighted by Crippen LogP contribution is -2.49. The van der Waals surface area contributed by atoms with Crippen LogP contribution in [0, 0.1) is 11.8 Å². The van der Waals surface area contributed by atoms with Crippen LogP contribution in [0.5, 0.6) is 0 Å². The van der Waals surface area contributed by atoms with Gasteiger partial charge in [-0.1, -0.05) is 27.7 Å². The highest BCUT2D eigenvalue weighted by Gasteiger charge is 2.21. The van der Waals surface area contributed by atoms with E-state index >= 15 is 0 Å². The molecule has 1 unspecified atom stereocenters. The first-order chi connectivity index (χ1) is 9.86. The van der Waals surface area contributed by atoms with Crippen LogP contribution in [-0.4, -0.2) is 54.4 Å². The number of amides is 2. The quantitative estimate of drug-likeness (QED) is 0.672. The summed E-state index contributed by atoms with van der Waals surface area (Å²) >= 11 is 0. The van der Waals surface area contributed by atoms with E-state index in [9.17, 15) is 9.90 Å². The van der Waals surface area contributed by atoms with Gasteiger partial charge in [0.05, 0.1) is 6.10 Å². The Kier molecular flexibility index (Phi) is 8.04. The summed E-state index contributed by atoms with van der Waals surface area (Å²) in [7, 11) is 0. The van der Waals surface area contributed by atoms with Crippen LogP contribution in [0.25, 0.3) is 0 Å². The molecule has 0 aliphatic carbocycles. The van der Waals surface area contributed by atoms with E-state index < -0.39 is 6.10 Å². The number of hydrogen-bond donors (Lipinski definition) is 3. The maximum atomic E-state index is 11.8. The predicted molar refractivity (Wildman–Crippen MR) is 86.3 cm³/mol. The molecule has 3 N–H and O–H groups in total. The third-order valence-corrected chi connectivity index (χ3v) is 3.79. The summed E-state index contributed by atoms with van der Waals surface area (Å²) in [5.41, 5.74) is 0. The molecule has 0 aromatic carbocycles. The van der Waals surface area contributed by atoms with Crippen LogP contribution in [0.15, 0.2) is 0 Å². The number of nitrogens with zero attached hydrogens (tertiary/aromatic N) is 1. The van der Waals surface area contributed by atoms with E-state index in [-0.39, 0.29) is 12.1 Å². The Morgan fingerprint density at radius 2 is 1.81 bits per heavy atom. The van der Waals surface area contributed by atoms with E-state index in [0.29, 0.717) is 24.8 Å². The molecule has 1 fully saturated rings. The van der Waals surface area contributed by atoms with Gasteiger partial charge in [0.25, 0.3) is 0 Å². The monoisotopic (exact) mass is 299 g/mol. The van der Waals surface area contributed by atoms with Crippen molar-refractivity contribution < 1.29 is 9.90 Å². The molecule has 1 rings (SSSR count). The minimum absolute atomic E-state index is 0.153. The number of aliphatic hydroxyl groups is 1. The summed E-state index contributed by atoms with van der Waals surface area (Å²) in [6, 6.07) is 0.107. The number of urea groups is 1. The van der Waals surface area contributed by atoms with Crippen LogP contribution in [0.4, 0.5) is 4.79 Å². The van der Waals surface area contributed by atoms with Crippen molar-refractivity contribution in [2.45, 2.75) is 59.1 Å². The van der Waals surface area contributed by atoms with Crippen molar-refractivity contribution in [1.82, 2.24) is 15.5 Å². The minimum Gasteiger partial charge on any atom is -0.391 e. The number of carbonyl (C=O) groups is 1. The molecule has 0 saturated carbocycles. The molecule has 124 valence electrons. The van der Waals surface area contributed by atoms with Gasteiger partial charge in [-0.25, -0.2) is 4.79 Å². The minimum atomic E-state index is -0.455. The largest absolute Gasteiger partial charge is 0.391 e. The molecule has 0 spiro atoms. The Morgan fingerprint density at radius 1 is 1.19 bits per heavy atom. The zero-order chi connectivity index (χ0) is 15.8. The van der Waals surface area contributed by atoms with E-state index in [0.717, 1.165) is 32.5 Å². The van der Waals surface area contributed by atoms with Gasteiger partial charge in [0.1, 0.15) is 0 Å². The maximum absolute atomic E-state index is 11.8. The lowest BCUT2D eigenvalue weighted by molar-refractivity contribution is 0.144. The standard InChI is InChI=1S/C16H33N3O2/c1-12(2)9-15(20)10-17-16(21)18-14-5-7-19(8-6-14)11-13(3)4/h12-15,20H,5-11H2,1-4H3,(H2,17,18,21). The molecule has 1 saturated heterocycles. The molecule has 2 amide bonds. The van der Waals surface area contributed by atoms with E-state index in [1.807, 2.05) is 0 Å². The molecule has 1 atom stereocenters. The summed E-state index contributed by atoms with van der Waals surface area (Å²) in [5, 5.41) is 15.5. The highest BCUT2D eigenvalue weighted by atomic mass is 16.3. The zero-order valence-corrected chi connectivity index (χ0v) is 14.1. The van der Waals surface area contributed by atoms with Gasteiger partial charge < -0.3 is 20.6 Å². The number of likely N-dealkylation sites (tertiary alicyclic amines) is 1. The van der Waals surface area contributed by atoms with Gasteiger partial charge in [-0.15, -0.1) is 0 Å². The fourth-order valence-corrected chi connectivity index (χ4v) is 2.85. The third kappa shape index (κ3) is 8.27. The number of piperidine rings is 1. The van der Waals surface area contributed by atoms with Crippen LogP contribution in [0.2, 0.25) is 0 Å². The summed E-state index contributed by atoms with van der Waals surface area (Å²) in [6.45, 7) is 12.2.